The van der Waals surface area contributed by atoms with Crippen LogP contribution in [0.5, 0.6) is 0 Å². The fourth-order valence-corrected chi connectivity index (χ4v) is 4.43. The van der Waals surface area contributed by atoms with Gasteiger partial charge in [-0.2, -0.15) is 0 Å². The number of aromatic amines is 1. The summed E-state index contributed by atoms with van der Waals surface area (Å²) in [7, 11) is 0. The summed E-state index contributed by atoms with van der Waals surface area (Å²) in [6, 6.07) is 14.0. The Morgan fingerprint density at radius 1 is 1.00 bits per heavy atom. The van der Waals surface area contributed by atoms with Gasteiger partial charge in [0, 0.05) is 11.3 Å². The van der Waals surface area contributed by atoms with Crippen molar-refractivity contribution in [3.63, 3.8) is 0 Å². The number of rotatable bonds is 9. The number of H-pyrrole nitrogens is 1. The van der Waals surface area contributed by atoms with Crippen LogP contribution in [0.1, 0.15) is 62.5 Å². The first-order valence-corrected chi connectivity index (χ1v) is 13.3. The van der Waals surface area contributed by atoms with Crippen molar-refractivity contribution < 1.29 is 14.4 Å². The predicted molar refractivity (Wildman–Crippen MR) is 151 cm³/mol. The highest BCUT2D eigenvalue weighted by molar-refractivity contribution is 7.73. The van der Waals surface area contributed by atoms with Crippen LogP contribution in [0.4, 0.5) is 10.8 Å². The zero-order valence-electron chi connectivity index (χ0n) is 21.7. The van der Waals surface area contributed by atoms with E-state index in [0.29, 0.717) is 26.8 Å². The summed E-state index contributed by atoms with van der Waals surface area (Å²) in [4.78, 5) is 38.1. The van der Waals surface area contributed by atoms with E-state index in [4.69, 9.17) is 12.2 Å². The second kappa shape index (κ2) is 12.2. The lowest BCUT2D eigenvalue weighted by Crippen LogP contribution is -2.45. The minimum Gasteiger partial charge on any atom is -0.344 e. The molecule has 196 valence electrons. The molecule has 1 aromatic heterocycles. The molecule has 0 radical (unpaired) electrons. The Hall–Kier alpha value is -3.37. The second-order valence-electron chi connectivity index (χ2n) is 10.3. The number of hydrogen-bond acceptors (Lipinski definition) is 6. The monoisotopic (exact) mass is 539 g/mol. The number of carbonyl (C=O) groups excluding carboxylic acids is 3. The number of aromatic nitrogens is 2. The SMILES string of the molecule is CC(C)C[C@H](NC(=O)Cc1ccc(NC(=O)c2ccc(C(C)(C)C)cc2)cc1)C(=O)Nc1n[nH]c(=S)s1. The molecule has 10 heteroatoms. The van der Waals surface area contributed by atoms with Crippen LogP contribution < -0.4 is 16.0 Å². The zero-order valence-corrected chi connectivity index (χ0v) is 23.3. The fourth-order valence-electron chi connectivity index (χ4n) is 3.64. The summed E-state index contributed by atoms with van der Waals surface area (Å²) < 4.78 is 0.456. The van der Waals surface area contributed by atoms with Crippen LogP contribution in [0.15, 0.2) is 48.5 Å². The number of amides is 3. The molecule has 8 nitrogen and oxygen atoms in total. The Morgan fingerprint density at radius 3 is 2.19 bits per heavy atom. The van der Waals surface area contributed by atoms with Gasteiger partial charge in [-0.1, -0.05) is 70.2 Å². The third kappa shape index (κ3) is 8.61. The molecular weight excluding hydrogens is 506 g/mol. The van der Waals surface area contributed by atoms with Crippen molar-refractivity contribution in [1.82, 2.24) is 15.5 Å². The lowest BCUT2D eigenvalue weighted by Gasteiger charge is -2.19. The summed E-state index contributed by atoms with van der Waals surface area (Å²) >= 11 is 6.15. The molecule has 3 aromatic rings. The highest BCUT2D eigenvalue weighted by Crippen LogP contribution is 2.22. The Balaban J connectivity index is 1.57. The Bertz CT molecular complexity index is 1290. The van der Waals surface area contributed by atoms with E-state index >= 15 is 0 Å². The van der Waals surface area contributed by atoms with Gasteiger partial charge < -0.3 is 10.6 Å². The van der Waals surface area contributed by atoms with Crippen LogP contribution in [0.3, 0.4) is 0 Å². The van der Waals surface area contributed by atoms with E-state index in [0.717, 1.165) is 22.5 Å². The molecule has 0 saturated carbocycles. The Kier molecular flexibility index (Phi) is 9.34. The van der Waals surface area contributed by atoms with Crippen LogP contribution in [0.2, 0.25) is 0 Å². The van der Waals surface area contributed by atoms with Crippen molar-refractivity contribution in [2.24, 2.45) is 5.92 Å². The average Bonchev–Trinajstić information content (AvgIpc) is 3.23. The number of benzene rings is 2. The standard InChI is InChI=1S/C27H33N5O3S2/c1-16(2)14-21(24(35)30-25-31-32-26(36)37-25)29-22(33)15-17-6-12-20(13-7-17)28-23(34)18-8-10-19(11-9-18)27(3,4)5/h6-13,16,21H,14-15H2,1-5H3,(H,28,34)(H,29,33)(H,32,36)(H,30,31,35)/t21-/m0/s1. The molecule has 1 heterocycles. The first-order chi connectivity index (χ1) is 17.4. The third-order valence-electron chi connectivity index (χ3n) is 5.62. The third-order valence-corrected chi connectivity index (χ3v) is 6.62. The molecule has 0 aliphatic heterocycles. The predicted octanol–water partition coefficient (Wildman–Crippen LogP) is 5.46. The molecule has 0 aliphatic carbocycles. The van der Waals surface area contributed by atoms with Gasteiger partial charge in [0.2, 0.25) is 16.9 Å². The molecule has 0 saturated heterocycles. The van der Waals surface area contributed by atoms with Gasteiger partial charge in [-0.15, -0.1) is 5.10 Å². The van der Waals surface area contributed by atoms with Crippen LogP contribution in [-0.4, -0.2) is 34.0 Å². The topological polar surface area (TPSA) is 116 Å². The molecule has 0 aliphatic rings. The Morgan fingerprint density at radius 2 is 1.65 bits per heavy atom. The smallest absolute Gasteiger partial charge is 0.255 e. The van der Waals surface area contributed by atoms with Gasteiger partial charge in [0.25, 0.3) is 5.91 Å². The van der Waals surface area contributed by atoms with Gasteiger partial charge in [-0.25, -0.2) is 0 Å². The van der Waals surface area contributed by atoms with Crippen molar-refractivity contribution >= 4 is 52.1 Å². The molecular formula is C27H33N5O3S2. The van der Waals surface area contributed by atoms with Crippen LogP contribution in [0.25, 0.3) is 0 Å². The van der Waals surface area contributed by atoms with E-state index < -0.39 is 6.04 Å². The normalized spacial score (nSPS) is 12.2. The van der Waals surface area contributed by atoms with Crippen LogP contribution in [-0.2, 0) is 21.4 Å². The first kappa shape index (κ1) is 28.2. The maximum atomic E-state index is 12.7. The van der Waals surface area contributed by atoms with Crippen LogP contribution in [0, 0.1) is 9.87 Å². The maximum Gasteiger partial charge on any atom is 0.255 e. The van der Waals surface area contributed by atoms with Crippen molar-refractivity contribution in [3.05, 3.63) is 69.2 Å². The molecule has 0 fully saturated rings. The van der Waals surface area contributed by atoms with Gasteiger partial charge in [-0.3, -0.25) is 24.8 Å². The molecule has 1 atom stereocenters. The van der Waals surface area contributed by atoms with E-state index in [9.17, 15) is 14.4 Å². The number of anilines is 2. The lowest BCUT2D eigenvalue weighted by molar-refractivity contribution is -0.126. The van der Waals surface area contributed by atoms with Crippen molar-refractivity contribution in [2.75, 3.05) is 10.6 Å². The van der Waals surface area contributed by atoms with E-state index in [-0.39, 0.29) is 35.5 Å². The minimum atomic E-state index is -0.701. The summed E-state index contributed by atoms with van der Waals surface area (Å²) in [6.45, 7) is 10.3. The molecule has 3 rings (SSSR count). The molecule has 3 amide bonds. The zero-order chi connectivity index (χ0) is 27.2. The van der Waals surface area contributed by atoms with Gasteiger partial charge >= 0.3 is 0 Å². The van der Waals surface area contributed by atoms with Gasteiger partial charge in [0.05, 0.1) is 6.42 Å². The van der Waals surface area contributed by atoms with Crippen molar-refractivity contribution in [2.45, 2.75) is 58.9 Å². The largest absolute Gasteiger partial charge is 0.344 e. The van der Waals surface area contributed by atoms with Gasteiger partial charge in [0.15, 0.2) is 3.95 Å². The second-order valence-corrected chi connectivity index (χ2v) is 12.0. The quantitative estimate of drug-likeness (QED) is 0.269. The average molecular weight is 540 g/mol. The number of hydrogen-bond donors (Lipinski definition) is 4. The summed E-state index contributed by atoms with van der Waals surface area (Å²) in [5.41, 5.74) is 3.15. The summed E-state index contributed by atoms with van der Waals surface area (Å²) in [5, 5.41) is 15.3. The molecule has 0 spiro atoms. The number of nitrogens with one attached hydrogen (secondary N) is 4. The maximum absolute atomic E-state index is 12.7. The molecule has 37 heavy (non-hydrogen) atoms. The molecule has 2 aromatic carbocycles. The highest BCUT2D eigenvalue weighted by Gasteiger charge is 2.23. The van der Waals surface area contributed by atoms with Gasteiger partial charge in [-0.05, 0) is 65.4 Å². The highest BCUT2D eigenvalue weighted by atomic mass is 32.1. The fraction of sp³-hybridized carbons (Fsp3) is 0.370. The lowest BCUT2D eigenvalue weighted by atomic mass is 9.87. The van der Waals surface area contributed by atoms with Crippen molar-refractivity contribution in [3.8, 4) is 0 Å². The van der Waals surface area contributed by atoms with Gasteiger partial charge in [0.1, 0.15) is 6.04 Å². The van der Waals surface area contributed by atoms with E-state index in [2.05, 4.69) is 46.9 Å². The first-order valence-electron chi connectivity index (χ1n) is 12.1. The van der Waals surface area contributed by atoms with E-state index in [1.165, 1.54) is 0 Å². The van der Waals surface area contributed by atoms with E-state index in [1.54, 1.807) is 24.3 Å². The Labute approximate surface area is 226 Å². The summed E-state index contributed by atoms with van der Waals surface area (Å²) in [5.74, 6) is -0.616. The number of nitrogens with zero attached hydrogens (tertiary/aromatic N) is 1. The molecule has 4 N–H and O–H groups in total. The number of carbonyl (C=O) groups is 3. The van der Waals surface area contributed by atoms with E-state index in [1.807, 2.05) is 38.1 Å². The van der Waals surface area contributed by atoms with Crippen LogP contribution >= 0.6 is 23.6 Å². The molecule has 0 bridgehead atoms. The van der Waals surface area contributed by atoms with Crippen molar-refractivity contribution in [1.29, 1.82) is 0 Å². The summed E-state index contributed by atoms with van der Waals surface area (Å²) in [6.07, 6.45) is 0.584. The molecule has 0 unspecified atom stereocenters. The minimum absolute atomic E-state index is 0.0189.